The molecular weight excluding hydrogens is 226 g/mol. The van der Waals surface area contributed by atoms with Crippen molar-refractivity contribution in [3.8, 4) is 5.75 Å². The Hall–Kier alpha value is -1.06. The molecule has 2 heterocycles. The molecule has 1 aromatic carbocycles. The number of benzene rings is 1. The lowest BCUT2D eigenvalue weighted by Gasteiger charge is -2.44. The number of fused-ring (bicyclic) bond motifs is 1. The minimum absolute atomic E-state index is 0.0197. The van der Waals surface area contributed by atoms with Gasteiger partial charge in [-0.3, -0.25) is 0 Å². The molecule has 1 aromatic rings. The molecule has 2 aliphatic rings. The quantitative estimate of drug-likeness (QED) is 0.827. The number of ether oxygens (including phenoxy) is 2. The highest BCUT2D eigenvalue weighted by atomic mass is 16.5. The molecule has 98 valence electrons. The number of aryl methyl sites for hydroxylation is 1. The Morgan fingerprint density at radius 1 is 1.33 bits per heavy atom. The van der Waals surface area contributed by atoms with Gasteiger partial charge in [0.15, 0.2) is 0 Å². The number of nitrogens with one attached hydrogen (secondary N) is 1. The molecule has 18 heavy (non-hydrogen) atoms. The summed E-state index contributed by atoms with van der Waals surface area (Å²) in [6, 6.07) is 6.41. The largest absolute Gasteiger partial charge is 0.487 e. The Labute approximate surface area is 108 Å². The van der Waals surface area contributed by atoms with E-state index < -0.39 is 0 Å². The van der Waals surface area contributed by atoms with Crippen molar-refractivity contribution in [2.45, 2.75) is 37.9 Å². The van der Waals surface area contributed by atoms with E-state index in [9.17, 15) is 0 Å². The Kier molecular flexibility index (Phi) is 3.04. The lowest BCUT2D eigenvalue weighted by molar-refractivity contribution is -0.0479. The van der Waals surface area contributed by atoms with Crippen LogP contribution < -0.4 is 10.1 Å². The van der Waals surface area contributed by atoms with E-state index in [0.29, 0.717) is 0 Å². The van der Waals surface area contributed by atoms with Gasteiger partial charge in [-0.05, 0) is 45.0 Å². The third-order valence-electron chi connectivity index (χ3n) is 4.20. The summed E-state index contributed by atoms with van der Waals surface area (Å²) < 4.78 is 12.0. The minimum atomic E-state index is -0.0197. The van der Waals surface area contributed by atoms with Gasteiger partial charge in [0.05, 0.1) is 6.10 Å². The van der Waals surface area contributed by atoms with E-state index in [2.05, 4.69) is 30.4 Å². The van der Waals surface area contributed by atoms with Crippen LogP contribution in [0.25, 0.3) is 0 Å². The van der Waals surface area contributed by atoms with Gasteiger partial charge in [0, 0.05) is 19.1 Å². The zero-order valence-electron chi connectivity index (χ0n) is 11.2. The van der Waals surface area contributed by atoms with E-state index in [4.69, 9.17) is 9.47 Å². The average Bonchev–Trinajstić information content (AvgIpc) is 2.39. The number of piperidine rings is 1. The predicted octanol–water partition coefficient (Wildman–Crippen LogP) is 2.59. The highest BCUT2D eigenvalue weighted by molar-refractivity contribution is 5.41. The summed E-state index contributed by atoms with van der Waals surface area (Å²) in [4.78, 5) is 0. The maximum absolute atomic E-state index is 6.33. The Morgan fingerprint density at radius 3 is 2.83 bits per heavy atom. The fourth-order valence-electron chi connectivity index (χ4n) is 3.13. The number of methoxy groups -OCH3 is 1. The normalized spacial score (nSPS) is 25.6. The van der Waals surface area contributed by atoms with Crippen molar-refractivity contribution in [1.29, 1.82) is 0 Å². The summed E-state index contributed by atoms with van der Waals surface area (Å²) in [5.41, 5.74) is 2.45. The van der Waals surface area contributed by atoms with Crippen molar-refractivity contribution in [3.63, 3.8) is 0 Å². The molecule has 0 aromatic heterocycles. The summed E-state index contributed by atoms with van der Waals surface area (Å²) in [7, 11) is 1.80. The van der Waals surface area contributed by atoms with Gasteiger partial charge in [-0.1, -0.05) is 11.6 Å². The maximum atomic E-state index is 6.33. The first-order valence-corrected chi connectivity index (χ1v) is 6.75. The topological polar surface area (TPSA) is 30.5 Å². The van der Waals surface area contributed by atoms with Crippen LogP contribution in [0.3, 0.4) is 0 Å². The SMILES string of the molecule is COC1CC2(CCNCC2)Oc2ccc(C)cc21. The van der Waals surface area contributed by atoms with Gasteiger partial charge >= 0.3 is 0 Å². The minimum Gasteiger partial charge on any atom is -0.487 e. The summed E-state index contributed by atoms with van der Waals surface area (Å²) >= 11 is 0. The van der Waals surface area contributed by atoms with Crippen molar-refractivity contribution < 1.29 is 9.47 Å². The molecule has 3 heteroatoms. The smallest absolute Gasteiger partial charge is 0.125 e. The molecule has 3 nitrogen and oxygen atoms in total. The molecule has 3 rings (SSSR count). The van der Waals surface area contributed by atoms with Crippen LogP contribution in [-0.2, 0) is 4.74 Å². The van der Waals surface area contributed by atoms with Crippen molar-refractivity contribution in [2.75, 3.05) is 20.2 Å². The van der Waals surface area contributed by atoms with Crippen LogP contribution in [0.5, 0.6) is 5.75 Å². The first-order chi connectivity index (χ1) is 8.72. The molecule has 0 bridgehead atoms. The molecule has 0 aliphatic carbocycles. The van der Waals surface area contributed by atoms with Crippen LogP contribution in [-0.4, -0.2) is 25.8 Å². The van der Waals surface area contributed by atoms with Gasteiger partial charge in [-0.25, -0.2) is 0 Å². The molecule has 1 spiro atoms. The third kappa shape index (κ3) is 2.02. The van der Waals surface area contributed by atoms with Crippen molar-refractivity contribution in [2.24, 2.45) is 0 Å². The monoisotopic (exact) mass is 247 g/mol. The maximum Gasteiger partial charge on any atom is 0.125 e. The second-order valence-corrected chi connectivity index (χ2v) is 5.50. The molecule has 2 aliphatic heterocycles. The molecule has 1 fully saturated rings. The fourth-order valence-corrected chi connectivity index (χ4v) is 3.13. The van der Waals surface area contributed by atoms with Crippen molar-refractivity contribution in [3.05, 3.63) is 29.3 Å². The molecule has 0 amide bonds. The summed E-state index contributed by atoms with van der Waals surface area (Å²) in [6.45, 7) is 4.19. The average molecular weight is 247 g/mol. The summed E-state index contributed by atoms with van der Waals surface area (Å²) in [5.74, 6) is 1.01. The molecule has 1 N–H and O–H groups in total. The molecule has 1 saturated heterocycles. The summed E-state index contributed by atoms with van der Waals surface area (Å²) in [6.07, 6.45) is 3.29. The van der Waals surface area contributed by atoms with E-state index in [1.165, 1.54) is 11.1 Å². The van der Waals surface area contributed by atoms with Crippen molar-refractivity contribution >= 4 is 0 Å². The number of rotatable bonds is 1. The first-order valence-electron chi connectivity index (χ1n) is 6.75. The third-order valence-corrected chi connectivity index (χ3v) is 4.20. The lowest BCUT2D eigenvalue weighted by Crippen LogP contribution is -2.49. The number of hydrogen-bond acceptors (Lipinski definition) is 3. The summed E-state index contributed by atoms with van der Waals surface area (Å²) in [5, 5.41) is 3.40. The molecule has 0 radical (unpaired) electrons. The van der Waals surface area contributed by atoms with E-state index >= 15 is 0 Å². The van der Waals surface area contributed by atoms with Crippen LogP contribution in [0.2, 0.25) is 0 Å². The molecule has 1 unspecified atom stereocenters. The second kappa shape index (κ2) is 4.56. The van der Waals surface area contributed by atoms with E-state index in [0.717, 1.165) is 38.1 Å². The van der Waals surface area contributed by atoms with Gasteiger partial charge in [-0.15, -0.1) is 0 Å². The zero-order chi connectivity index (χ0) is 12.6. The van der Waals surface area contributed by atoms with Gasteiger partial charge in [0.25, 0.3) is 0 Å². The number of hydrogen-bond donors (Lipinski definition) is 1. The molecule has 1 atom stereocenters. The lowest BCUT2D eigenvalue weighted by atomic mass is 9.82. The fraction of sp³-hybridized carbons (Fsp3) is 0.600. The van der Waals surface area contributed by atoms with Crippen LogP contribution in [0.1, 0.15) is 36.5 Å². The molecular formula is C15H21NO2. The van der Waals surface area contributed by atoms with Crippen molar-refractivity contribution in [1.82, 2.24) is 5.32 Å². The highest BCUT2D eigenvalue weighted by Gasteiger charge is 2.41. The van der Waals surface area contributed by atoms with Gasteiger partial charge in [-0.2, -0.15) is 0 Å². The second-order valence-electron chi connectivity index (χ2n) is 5.50. The Morgan fingerprint density at radius 2 is 2.11 bits per heavy atom. The zero-order valence-corrected chi connectivity index (χ0v) is 11.2. The Balaban J connectivity index is 1.96. The first kappa shape index (κ1) is 12.0. The van der Waals surface area contributed by atoms with Crippen LogP contribution in [0.15, 0.2) is 18.2 Å². The van der Waals surface area contributed by atoms with Crippen LogP contribution >= 0.6 is 0 Å². The Bertz CT molecular complexity index is 438. The van der Waals surface area contributed by atoms with E-state index in [1.54, 1.807) is 7.11 Å². The van der Waals surface area contributed by atoms with Gasteiger partial charge in [0.1, 0.15) is 11.4 Å². The van der Waals surface area contributed by atoms with Gasteiger partial charge in [0.2, 0.25) is 0 Å². The van der Waals surface area contributed by atoms with Gasteiger partial charge < -0.3 is 14.8 Å². The van der Waals surface area contributed by atoms with Crippen LogP contribution in [0.4, 0.5) is 0 Å². The molecule has 0 saturated carbocycles. The predicted molar refractivity (Wildman–Crippen MR) is 71.0 cm³/mol. The van der Waals surface area contributed by atoms with Crippen LogP contribution in [0, 0.1) is 6.92 Å². The van der Waals surface area contributed by atoms with E-state index in [-0.39, 0.29) is 11.7 Å². The van der Waals surface area contributed by atoms with E-state index in [1.807, 2.05) is 0 Å². The highest BCUT2D eigenvalue weighted by Crippen LogP contribution is 2.44. The standard InChI is InChI=1S/C15H21NO2/c1-11-3-4-13-12(9-11)14(17-2)10-15(18-13)5-7-16-8-6-15/h3-4,9,14,16H,5-8,10H2,1-2H3.